The van der Waals surface area contributed by atoms with E-state index in [-0.39, 0.29) is 0 Å². The van der Waals surface area contributed by atoms with Crippen molar-refractivity contribution in [2.24, 2.45) is 0 Å². The summed E-state index contributed by atoms with van der Waals surface area (Å²) in [5.74, 6) is 3.17. The van der Waals surface area contributed by atoms with Gasteiger partial charge < -0.3 is 10.6 Å². The van der Waals surface area contributed by atoms with E-state index in [1.807, 2.05) is 103 Å². The molecule has 0 aliphatic rings. The summed E-state index contributed by atoms with van der Waals surface area (Å²) in [4.78, 5) is 8.82. The molecule has 8 heteroatoms. The molecule has 2 aromatic carbocycles. The Morgan fingerprint density at radius 3 is 2.24 bits per heavy atom. The Labute approximate surface area is 192 Å². The van der Waals surface area contributed by atoms with Crippen molar-refractivity contribution in [1.82, 2.24) is 29.5 Å². The minimum atomic E-state index is 0.735. The van der Waals surface area contributed by atoms with Crippen LogP contribution in [0.3, 0.4) is 0 Å². The molecule has 2 N–H and O–H groups in total. The van der Waals surface area contributed by atoms with Crippen molar-refractivity contribution in [1.29, 1.82) is 0 Å². The van der Waals surface area contributed by atoms with Crippen LogP contribution in [-0.2, 0) is 0 Å². The number of hydrogen-bond donors (Lipinski definition) is 2. The SMILES string of the molecule is Cc1nc(C)n(-c2ccc(Nc3cc(-n4cc(C)c(Nc5ccccc5)n4)ccn3)cc2)n1. The fraction of sp³-hybridized carbons (Fsp3) is 0.120. The van der Waals surface area contributed by atoms with Gasteiger partial charge in [-0.2, -0.15) is 5.10 Å². The maximum Gasteiger partial charge on any atom is 0.155 e. The van der Waals surface area contributed by atoms with Gasteiger partial charge in [-0.05, 0) is 63.2 Å². The van der Waals surface area contributed by atoms with E-state index >= 15 is 0 Å². The van der Waals surface area contributed by atoms with Crippen molar-refractivity contribution >= 4 is 23.0 Å². The number of hydrogen-bond acceptors (Lipinski definition) is 6. The Kier molecular flexibility index (Phi) is 5.32. The van der Waals surface area contributed by atoms with Crippen molar-refractivity contribution in [3.63, 3.8) is 0 Å². The van der Waals surface area contributed by atoms with Crippen LogP contribution in [0, 0.1) is 20.8 Å². The van der Waals surface area contributed by atoms with E-state index in [2.05, 4.69) is 25.7 Å². The van der Waals surface area contributed by atoms with E-state index in [9.17, 15) is 0 Å². The number of pyridine rings is 1. The summed E-state index contributed by atoms with van der Waals surface area (Å²) in [5, 5.41) is 15.9. The van der Waals surface area contributed by atoms with Crippen LogP contribution in [0.2, 0.25) is 0 Å². The molecule has 3 aromatic heterocycles. The molecular weight excluding hydrogens is 412 g/mol. The molecule has 0 spiro atoms. The largest absolute Gasteiger partial charge is 0.340 e. The Morgan fingerprint density at radius 2 is 1.52 bits per heavy atom. The highest BCUT2D eigenvalue weighted by Crippen LogP contribution is 2.23. The molecule has 0 fully saturated rings. The number of nitrogens with zero attached hydrogens (tertiary/aromatic N) is 6. The van der Waals surface area contributed by atoms with E-state index in [0.29, 0.717) is 0 Å². The molecule has 164 valence electrons. The van der Waals surface area contributed by atoms with E-state index in [1.54, 1.807) is 6.20 Å². The molecule has 5 aromatic rings. The van der Waals surface area contributed by atoms with E-state index in [0.717, 1.165) is 51.6 Å². The molecule has 0 saturated carbocycles. The highest BCUT2D eigenvalue weighted by molar-refractivity contribution is 5.61. The summed E-state index contributed by atoms with van der Waals surface area (Å²) >= 11 is 0. The fourth-order valence-corrected chi connectivity index (χ4v) is 3.60. The molecule has 0 unspecified atom stereocenters. The van der Waals surface area contributed by atoms with Gasteiger partial charge in [0.05, 0.1) is 11.4 Å². The van der Waals surface area contributed by atoms with E-state index in [4.69, 9.17) is 5.10 Å². The third-order valence-corrected chi connectivity index (χ3v) is 5.20. The van der Waals surface area contributed by atoms with Gasteiger partial charge in [-0.15, -0.1) is 5.10 Å². The first-order valence-corrected chi connectivity index (χ1v) is 10.7. The lowest BCUT2D eigenvalue weighted by molar-refractivity contribution is 0.831. The van der Waals surface area contributed by atoms with Crippen LogP contribution in [0.15, 0.2) is 79.1 Å². The minimum absolute atomic E-state index is 0.735. The first-order chi connectivity index (χ1) is 16.0. The zero-order valence-corrected chi connectivity index (χ0v) is 18.7. The van der Waals surface area contributed by atoms with Crippen LogP contribution in [0.4, 0.5) is 23.0 Å². The van der Waals surface area contributed by atoms with Crippen LogP contribution in [0.25, 0.3) is 11.4 Å². The van der Waals surface area contributed by atoms with Gasteiger partial charge >= 0.3 is 0 Å². The lowest BCUT2D eigenvalue weighted by Crippen LogP contribution is -2.01. The summed E-state index contributed by atoms with van der Waals surface area (Å²) in [6.45, 7) is 5.87. The summed E-state index contributed by atoms with van der Waals surface area (Å²) < 4.78 is 3.69. The topological polar surface area (TPSA) is 85.5 Å². The third-order valence-electron chi connectivity index (χ3n) is 5.20. The Bertz CT molecular complexity index is 1380. The van der Waals surface area contributed by atoms with Crippen LogP contribution in [-0.4, -0.2) is 29.5 Å². The van der Waals surface area contributed by atoms with Crippen LogP contribution in [0.1, 0.15) is 17.2 Å². The number of benzene rings is 2. The number of rotatable bonds is 6. The highest BCUT2D eigenvalue weighted by atomic mass is 15.3. The summed E-state index contributed by atoms with van der Waals surface area (Å²) in [6, 6.07) is 21.9. The molecule has 0 bridgehead atoms. The number of aryl methyl sites for hydroxylation is 3. The molecule has 5 rings (SSSR count). The van der Waals surface area contributed by atoms with Crippen LogP contribution >= 0.6 is 0 Å². The molecule has 0 aliphatic heterocycles. The Hall–Kier alpha value is -4.46. The second-order valence-electron chi connectivity index (χ2n) is 7.79. The van der Waals surface area contributed by atoms with Crippen molar-refractivity contribution in [3.8, 4) is 11.4 Å². The second-order valence-corrected chi connectivity index (χ2v) is 7.79. The van der Waals surface area contributed by atoms with Gasteiger partial charge in [-0.3, -0.25) is 0 Å². The maximum absolute atomic E-state index is 4.71. The zero-order chi connectivity index (χ0) is 22.8. The molecule has 0 radical (unpaired) electrons. The number of para-hydroxylation sites is 1. The summed E-state index contributed by atoms with van der Waals surface area (Å²) in [7, 11) is 0. The van der Waals surface area contributed by atoms with Crippen molar-refractivity contribution < 1.29 is 0 Å². The second kappa shape index (κ2) is 8.58. The number of aromatic nitrogens is 6. The van der Waals surface area contributed by atoms with E-state index < -0.39 is 0 Å². The average molecular weight is 437 g/mol. The standard InChI is InChI=1S/C25H24N8/c1-17-16-32(31-25(17)29-20-7-5-4-6-8-20)23-13-14-26-24(15-23)28-21-9-11-22(12-10-21)33-19(3)27-18(2)30-33/h4-16H,1-3H3,(H,26,28)(H,29,31). The minimum Gasteiger partial charge on any atom is -0.340 e. The molecule has 33 heavy (non-hydrogen) atoms. The van der Waals surface area contributed by atoms with Gasteiger partial charge in [-0.25, -0.2) is 19.3 Å². The van der Waals surface area contributed by atoms with Crippen molar-refractivity contribution in [2.45, 2.75) is 20.8 Å². The zero-order valence-electron chi connectivity index (χ0n) is 18.7. The van der Waals surface area contributed by atoms with Crippen molar-refractivity contribution in [2.75, 3.05) is 10.6 Å². The summed E-state index contributed by atoms with van der Waals surface area (Å²) in [6.07, 6.45) is 3.77. The van der Waals surface area contributed by atoms with Gasteiger partial charge in [0.1, 0.15) is 17.5 Å². The van der Waals surface area contributed by atoms with Crippen LogP contribution in [0.5, 0.6) is 0 Å². The highest BCUT2D eigenvalue weighted by Gasteiger charge is 2.09. The van der Waals surface area contributed by atoms with Gasteiger partial charge in [0.2, 0.25) is 0 Å². The average Bonchev–Trinajstić information content (AvgIpc) is 3.36. The van der Waals surface area contributed by atoms with Gasteiger partial charge in [0.15, 0.2) is 5.82 Å². The molecular formula is C25H24N8. The molecule has 0 saturated heterocycles. The smallest absolute Gasteiger partial charge is 0.155 e. The van der Waals surface area contributed by atoms with E-state index in [1.165, 1.54) is 0 Å². The fourth-order valence-electron chi connectivity index (χ4n) is 3.60. The number of anilines is 4. The Balaban J connectivity index is 1.34. The predicted octanol–water partition coefficient (Wildman–Crippen LogP) is 5.26. The Morgan fingerprint density at radius 1 is 0.758 bits per heavy atom. The monoisotopic (exact) mass is 436 g/mol. The normalized spacial score (nSPS) is 10.9. The van der Waals surface area contributed by atoms with Crippen LogP contribution < -0.4 is 10.6 Å². The van der Waals surface area contributed by atoms with Gasteiger partial charge in [0.25, 0.3) is 0 Å². The maximum atomic E-state index is 4.71. The number of nitrogens with one attached hydrogen (secondary N) is 2. The third kappa shape index (κ3) is 4.45. The molecule has 8 nitrogen and oxygen atoms in total. The first-order valence-electron chi connectivity index (χ1n) is 10.7. The van der Waals surface area contributed by atoms with Gasteiger partial charge in [0, 0.05) is 35.4 Å². The van der Waals surface area contributed by atoms with Gasteiger partial charge in [-0.1, -0.05) is 18.2 Å². The quantitative estimate of drug-likeness (QED) is 0.378. The van der Waals surface area contributed by atoms with Crippen molar-refractivity contribution in [3.05, 3.63) is 96.3 Å². The first kappa shape index (κ1) is 20.4. The molecule has 0 amide bonds. The molecule has 0 atom stereocenters. The molecule has 3 heterocycles. The summed E-state index contributed by atoms with van der Waals surface area (Å²) in [5.41, 5.74) is 4.87. The lowest BCUT2D eigenvalue weighted by Gasteiger charge is -2.09. The lowest BCUT2D eigenvalue weighted by atomic mass is 10.2. The predicted molar refractivity (Wildman–Crippen MR) is 130 cm³/mol. The molecule has 0 aliphatic carbocycles.